The van der Waals surface area contributed by atoms with E-state index in [0.29, 0.717) is 11.7 Å². The SMILES string of the molecule is CC(N)C(C)c1nc(-c2ccc(COc3ccccc3F)cc2)no1.Cl. The van der Waals surface area contributed by atoms with Gasteiger partial charge in [-0.25, -0.2) is 4.39 Å². The highest BCUT2D eigenvalue weighted by Crippen LogP contribution is 2.22. The van der Waals surface area contributed by atoms with Crippen LogP contribution in [0.3, 0.4) is 0 Å². The summed E-state index contributed by atoms with van der Waals surface area (Å²) in [4.78, 5) is 4.40. The average Bonchev–Trinajstić information content (AvgIpc) is 3.11. The molecule has 5 nitrogen and oxygen atoms in total. The lowest BCUT2D eigenvalue weighted by Crippen LogP contribution is -2.22. The Bertz CT molecular complexity index is 837. The smallest absolute Gasteiger partial charge is 0.231 e. The monoisotopic (exact) mass is 377 g/mol. The van der Waals surface area contributed by atoms with Crippen molar-refractivity contribution >= 4 is 12.4 Å². The van der Waals surface area contributed by atoms with Crippen LogP contribution in [0, 0.1) is 5.82 Å². The summed E-state index contributed by atoms with van der Waals surface area (Å²) in [5, 5.41) is 4.00. The van der Waals surface area contributed by atoms with E-state index in [2.05, 4.69) is 10.1 Å². The van der Waals surface area contributed by atoms with Crippen molar-refractivity contribution in [1.82, 2.24) is 10.1 Å². The number of hydrogen-bond acceptors (Lipinski definition) is 5. The molecule has 0 aliphatic heterocycles. The van der Waals surface area contributed by atoms with E-state index in [-0.39, 0.29) is 42.5 Å². The average molecular weight is 378 g/mol. The van der Waals surface area contributed by atoms with Crippen LogP contribution in [0.5, 0.6) is 5.75 Å². The van der Waals surface area contributed by atoms with Gasteiger partial charge in [-0.3, -0.25) is 0 Å². The van der Waals surface area contributed by atoms with Crippen molar-refractivity contribution < 1.29 is 13.7 Å². The largest absolute Gasteiger partial charge is 0.486 e. The van der Waals surface area contributed by atoms with Crippen molar-refractivity contribution in [2.75, 3.05) is 0 Å². The summed E-state index contributed by atoms with van der Waals surface area (Å²) < 4.78 is 24.3. The molecule has 1 aromatic heterocycles. The van der Waals surface area contributed by atoms with Gasteiger partial charge in [-0.05, 0) is 24.6 Å². The van der Waals surface area contributed by atoms with Crippen molar-refractivity contribution in [3.05, 3.63) is 65.8 Å². The minimum Gasteiger partial charge on any atom is -0.486 e. The van der Waals surface area contributed by atoms with E-state index in [9.17, 15) is 4.39 Å². The number of halogens is 2. The second-order valence-corrected chi connectivity index (χ2v) is 6.02. The molecule has 7 heteroatoms. The maximum atomic E-state index is 13.5. The minimum absolute atomic E-state index is 0. The number of aromatic nitrogens is 2. The lowest BCUT2D eigenvalue weighted by Gasteiger charge is -2.09. The summed E-state index contributed by atoms with van der Waals surface area (Å²) in [6.07, 6.45) is 0. The highest BCUT2D eigenvalue weighted by molar-refractivity contribution is 5.85. The number of nitrogens with zero attached hydrogens (tertiary/aromatic N) is 2. The fourth-order valence-corrected chi connectivity index (χ4v) is 2.24. The van der Waals surface area contributed by atoms with Gasteiger partial charge in [-0.2, -0.15) is 4.98 Å². The molecule has 0 radical (unpaired) electrons. The Labute approximate surface area is 157 Å². The predicted octanol–water partition coefficient (Wildman–Crippen LogP) is 4.33. The van der Waals surface area contributed by atoms with Gasteiger partial charge in [0.05, 0.1) is 5.92 Å². The van der Waals surface area contributed by atoms with Crippen molar-refractivity contribution in [1.29, 1.82) is 0 Å². The number of hydrogen-bond donors (Lipinski definition) is 1. The quantitative estimate of drug-likeness (QED) is 0.692. The first-order valence-corrected chi connectivity index (χ1v) is 8.10. The van der Waals surface area contributed by atoms with E-state index >= 15 is 0 Å². The van der Waals surface area contributed by atoms with Gasteiger partial charge in [-0.1, -0.05) is 48.5 Å². The molecular weight excluding hydrogens is 357 g/mol. The standard InChI is InChI=1S/C19H20FN3O2.ClH/c1-12(13(2)21)19-22-18(23-25-19)15-9-7-14(8-10-15)11-24-17-6-4-3-5-16(17)20;/h3-10,12-13H,11,21H2,1-2H3;1H. The van der Waals surface area contributed by atoms with Crippen LogP contribution >= 0.6 is 12.4 Å². The lowest BCUT2D eigenvalue weighted by molar-refractivity contribution is 0.290. The van der Waals surface area contributed by atoms with Crippen LogP contribution in [0.25, 0.3) is 11.4 Å². The molecule has 3 rings (SSSR count). The highest BCUT2D eigenvalue weighted by Gasteiger charge is 2.18. The Morgan fingerprint density at radius 1 is 1.12 bits per heavy atom. The van der Waals surface area contributed by atoms with Gasteiger partial charge in [0.15, 0.2) is 11.6 Å². The summed E-state index contributed by atoms with van der Waals surface area (Å²) in [5.41, 5.74) is 7.61. The molecule has 0 bridgehead atoms. The minimum atomic E-state index is -0.373. The van der Waals surface area contributed by atoms with E-state index in [1.807, 2.05) is 38.1 Å². The predicted molar refractivity (Wildman–Crippen MR) is 99.8 cm³/mol. The summed E-state index contributed by atoms with van der Waals surface area (Å²) >= 11 is 0. The molecular formula is C19H21ClFN3O2. The molecule has 3 aromatic rings. The molecule has 26 heavy (non-hydrogen) atoms. The maximum absolute atomic E-state index is 13.5. The van der Waals surface area contributed by atoms with E-state index < -0.39 is 0 Å². The summed E-state index contributed by atoms with van der Waals surface area (Å²) in [6.45, 7) is 4.13. The third kappa shape index (κ3) is 4.59. The van der Waals surface area contributed by atoms with Gasteiger partial charge in [-0.15, -0.1) is 12.4 Å². The maximum Gasteiger partial charge on any atom is 0.231 e. The topological polar surface area (TPSA) is 74.2 Å². The molecule has 2 N–H and O–H groups in total. The fourth-order valence-electron chi connectivity index (χ4n) is 2.24. The van der Waals surface area contributed by atoms with Crippen LogP contribution in [0.2, 0.25) is 0 Å². The molecule has 0 spiro atoms. The fraction of sp³-hybridized carbons (Fsp3) is 0.263. The van der Waals surface area contributed by atoms with Crippen LogP contribution in [0.4, 0.5) is 4.39 Å². The lowest BCUT2D eigenvalue weighted by atomic mass is 10.1. The number of para-hydroxylation sites is 1. The van der Waals surface area contributed by atoms with Gasteiger partial charge >= 0.3 is 0 Å². The van der Waals surface area contributed by atoms with E-state index in [0.717, 1.165) is 11.1 Å². The van der Waals surface area contributed by atoms with Crippen molar-refractivity contribution in [3.63, 3.8) is 0 Å². The highest BCUT2D eigenvalue weighted by atomic mass is 35.5. The molecule has 138 valence electrons. The van der Waals surface area contributed by atoms with Gasteiger partial charge in [0.1, 0.15) is 6.61 Å². The van der Waals surface area contributed by atoms with Crippen LogP contribution in [-0.4, -0.2) is 16.2 Å². The first kappa shape index (κ1) is 19.9. The van der Waals surface area contributed by atoms with Crippen LogP contribution in [0.15, 0.2) is 53.1 Å². The molecule has 0 aliphatic rings. The zero-order valence-electron chi connectivity index (χ0n) is 14.6. The molecule has 0 amide bonds. The first-order chi connectivity index (χ1) is 12.0. The van der Waals surface area contributed by atoms with E-state index in [4.69, 9.17) is 15.0 Å². The summed E-state index contributed by atoms with van der Waals surface area (Å²) in [7, 11) is 0. The van der Waals surface area contributed by atoms with Crippen molar-refractivity contribution in [2.24, 2.45) is 5.73 Å². The molecule has 2 atom stereocenters. The number of ether oxygens (including phenoxy) is 1. The second kappa shape index (κ2) is 8.78. The van der Waals surface area contributed by atoms with E-state index in [1.165, 1.54) is 6.07 Å². The normalized spacial score (nSPS) is 12.9. The number of nitrogens with two attached hydrogens (primary N) is 1. The molecule has 1 heterocycles. The summed E-state index contributed by atoms with van der Waals surface area (Å²) in [5.74, 6) is 0.900. The third-order valence-electron chi connectivity index (χ3n) is 4.06. The molecule has 0 saturated heterocycles. The van der Waals surface area contributed by atoms with Crippen LogP contribution in [-0.2, 0) is 6.61 Å². The Hall–Kier alpha value is -2.44. The Morgan fingerprint density at radius 2 is 1.81 bits per heavy atom. The van der Waals surface area contributed by atoms with Crippen molar-refractivity contribution in [3.8, 4) is 17.1 Å². The second-order valence-electron chi connectivity index (χ2n) is 6.02. The Kier molecular flexibility index (Phi) is 6.71. The zero-order valence-corrected chi connectivity index (χ0v) is 15.4. The van der Waals surface area contributed by atoms with Gasteiger partial charge < -0.3 is 15.0 Å². The summed E-state index contributed by atoms with van der Waals surface area (Å²) in [6, 6.07) is 13.8. The Balaban J connectivity index is 0.00000243. The van der Waals surface area contributed by atoms with Gasteiger partial charge in [0, 0.05) is 11.6 Å². The first-order valence-electron chi connectivity index (χ1n) is 8.10. The Morgan fingerprint density at radius 3 is 2.46 bits per heavy atom. The number of rotatable bonds is 6. The molecule has 2 unspecified atom stereocenters. The molecule has 2 aromatic carbocycles. The molecule has 0 fully saturated rings. The zero-order chi connectivity index (χ0) is 17.8. The molecule has 0 saturated carbocycles. The number of benzene rings is 2. The van der Waals surface area contributed by atoms with Gasteiger partial charge in [0.25, 0.3) is 0 Å². The van der Waals surface area contributed by atoms with E-state index in [1.54, 1.807) is 18.2 Å². The van der Waals surface area contributed by atoms with Crippen LogP contribution in [0.1, 0.15) is 31.2 Å². The molecule has 0 aliphatic carbocycles. The van der Waals surface area contributed by atoms with Crippen LogP contribution < -0.4 is 10.5 Å². The van der Waals surface area contributed by atoms with Crippen molar-refractivity contribution in [2.45, 2.75) is 32.4 Å². The van der Waals surface area contributed by atoms with Gasteiger partial charge in [0.2, 0.25) is 11.7 Å². The third-order valence-corrected chi connectivity index (χ3v) is 4.06.